The number of nitrogens with one attached hydrogen (secondary N) is 1. The fourth-order valence-electron chi connectivity index (χ4n) is 6.14. The second kappa shape index (κ2) is 11.1. The van der Waals surface area contributed by atoms with Crippen LogP contribution in [0.25, 0.3) is 5.69 Å². The highest BCUT2D eigenvalue weighted by Crippen LogP contribution is 2.35. The predicted octanol–water partition coefficient (Wildman–Crippen LogP) is 1.14. The lowest BCUT2D eigenvalue weighted by molar-refractivity contribution is -0.137. The van der Waals surface area contributed by atoms with Gasteiger partial charge in [-0.1, -0.05) is 12.1 Å². The summed E-state index contributed by atoms with van der Waals surface area (Å²) in [5.74, 6) is 0.0512. The Hall–Kier alpha value is -3.28. The van der Waals surface area contributed by atoms with Gasteiger partial charge in [0.05, 0.1) is 11.2 Å². The van der Waals surface area contributed by atoms with Crippen molar-refractivity contribution in [2.75, 3.05) is 38.0 Å². The summed E-state index contributed by atoms with van der Waals surface area (Å²) >= 11 is 0. The number of carbonyl (C=O) groups excluding carboxylic acids is 2. The smallest absolute Gasteiger partial charge is 0.338 e. The van der Waals surface area contributed by atoms with Crippen molar-refractivity contribution in [3.8, 4) is 5.69 Å². The first kappa shape index (κ1) is 27.3. The summed E-state index contributed by atoms with van der Waals surface area (Å²) in [4.78, 5) is 47.8. The van der Waals surface area contributed by atoms with Gasteiger partial charge in [-0.2, -0.15) is 4.98 Å². The number of urea groups is 1. The van der Waals surface area contributed by atoms with Crippen LogP contribution >= 0.6 is 0 Å². The second-order valence-corrected chi connectivity index (χ2v) is 11.7. The van der Waals surface area contributed by atoms with Crippen molar-refractivity contribution in [2.24, 2.45) is 11.5 Å². The summed E-state index contributed by atoms with van der Waals surface area (Å²) in [5.41, 5.74) is 12.7. The number of anilines is 1. The molecule has 2 unspecified atom stereocenters. The Bertz CT molecular complexity index is 1230. The molecule has 0 spiro atoms. The van der Waals surface area contributed by atoms with Crippen molar-refractivity contribution in [1.29, 1.82) is 0 Å². The maximum atomic E-state index is 12.7. The highest BCUT2D eigenvalue weighted by atomic mass is 16.2. The van der Waals surface area contributed by atoms with Crippen molar-refractivity contribution in [3.05, 3.63) is 52.6 Å². The highest BCUT2D eigenvalue weighted by molar-refractivity contribution is 5.89. The molecule has 3 saturated heterocycles. The van der Waals surface area contributed by atoms with Crippen LogP contribution in [0.2, 0.25) is 0 Å². The number of amides is 3. The average molecular weight is 537 g/mol. The number of nitrogens with zero attached hydrogens (tertiary/aromatic N) is 5. The molecule has 0 aliphatic carbocycles. The van der Waals surface area contributed by atoms with E-state index >= 15 is 0 Å². The Balaban J connectivity index is 1.14. The minimum Gasteiger partial charge on any atom is -0.338 e. The Labute approximate surface area is 229 Å². The quantitative estimate of drug-likeness (QED) is 0.502. The fourth-order valence-corrected chi connectivity index (χ4v) is 6.14. The zero-order valence-electron chi connectivity index (χ0n) is 22.9. The first-order valence-corrected chi connectivity index (χ1v) is 13.9. The van der Waals surface area contributed by atoms with Crippen molar-refractivity contribution in [2.45, 2.75) is 69.6 Å². The summed E-state index contributed by atoms with van der Waals surface area (Å²) < 4.78 is 1.46. The van der Waals surface area contributed by atoms with Gasteiger partial charge in [-0.05, 0) is 69.7 Å². The summed E-state index contributed by atoms with van der Waals surface area (Å²) in [7, 11) is 0. The van der Waals surface area contributed by atoms with Crippen LogP contribution in [0.3, 0.4) is 0 Å². The third-order valence-electron chi connectivity index (χ3n) is 8.24. The van der Waals surface area contributed by atoms with E-state index in [1.54, 1.807) is 35.9 Å². The number of benzene rings is 1. The van der Waals surface area contributed by atoms with Crippen LogP contribution in [0.4, 0.5) is 10.6 Å². The summed E-state index contributed by atoms with van der Waals surface area (Å²) in [6.07, 6.45) is 7.31. The standard InChI is InChI=1S/C28H40N8O3/c1-28(2,30)25(37)33-13-15-34(16-14-33)26(38)31-24-10-12-36(27(39)32-24)21-5-3-19(4-6-21)9-11-35-22-7-8-23(35)18-20(29)17-22/h3-6,10,12,20,22-23H,7-9,11,13-18,29-30H2,1-2H3,(H,31,32,38,39). The molecule has 1 aromatic heterocycles. The SMILES string of the molecule is CC(C)(N)C(=O)N1CCN(C(=O)Nc2ccn(-c3ccc(CCN4C5CCC4CC(N)C5)cc3)c(=O)n2)CC1. The molecular weight excluding hydrogens is 496 g/mol. The fraction of sp³-hybridized carbons (Fsp3) is 0.571. The Morgan fingerprint density at radius 2 is 1.62 bits per heavy atom. The molecule has 0 radical (unpaired) electrons. The predicted molar refractivity (Wildman–Crippen MR) is 150 cm³/mol. The van der Waals surface area contributed by atoms with Gasteiger partial charge >= 0.3 is 11.7 Å². The van der Waals surface area contributed by atoms with Crippen molar-refractivity contribution in [1.82, 2.24) is 24.3 Å². The first-order valence-electron chi connectivity index (χ1n) is 13.9. The van der Waals surface area contributed by atoms with Gasteiger partial charge in [-0.15, -0.1) is 0 Å². The molecule has 11 nitrogen and oxygen atoms in total. The van der Waals surface area contributed by atoms with E-state index in [4.69, 9.17) is 11.5 Å². The molecule has 5 N–H and O–H groups in total. The van der Waals surface area contributed by atoms with Crippen LogP contribution in [-0.2, 0) is 11.2 Å². The molecule has 2 bridgehead atoms. The van der Waals surface area contributed by atoms with Crippen molar-refractivity contribution in [3.63, 3.8) is 0 Å². The minimum absolute atomic E-state index is 0.139. The lowest BCUT2D eigenvalue weighted by atomic mass is 9.97. The van der Waals surface area contributed by atoms with E-state index in [-0.39, 0.29) is 17.8 Å². The maximum Gasteiger partial charge on any atom is 0.354 e. The minimum atomic E-state index is -0.944. The van der Waals surface area contributed by atoms with E-state index in [2.05, 4.69) is 27.3 Å². The first-order chi connectivity index (χ1) is 18.6. The zero-order chi connectivity index (χ0) is 27.7. The van der Waals surface area contributed by atoms with Gasteiger partial charge in [0.15, 0.2) is 0 Å². The van der Waals surface area contributed by atoms with E-state index < -0.39 is 11.2 Å². The molecular formula is C28H40N8O3. The third-order valence-corrected chi connectivity index (χ3v) is 8.24. The van der Waals surface area contributed by atoms with E-state index in [9.17, 15) is 14.4 Å². The van der Waals surface area contributed by atoms with Crippen molar-refractivity contribution >= 4 is 17.8 Å². The van der Waals surface area contributed by atoms with E-state index in [0.29, 0.717) is 44.3 Å². The van der Waals surface area contributed by atoms with E-state index in [0.717, 1.165) is 31.5 Å². The number of hydrogen-bond acceptors (Lipinski definition) is 7. The molecule has 3 aliphatic rings. The number of fused-ring (bicyclic) bond motifs is 2. The lowest BCUT2D eigenvalue weighted by Gasteiger charge is -2.37. The van der Waals surface area contributed by atoms with Crippen LogP contribution in [-0.4, -0.2) is 92.6 Å². The number of carbonyl (C=O) groups is 2. The third kappa shape index (κ3) is 6.15. The molecule has 0 saturated carbocycles. The molecule has 39 heavy (non-hydrogen) atoms. The Morgan fingerprint density at radius 1 is 1.00 bits per heavy atom. The van der Waals surface area contributed by atoms with Crippen molar-refractivity contribution < 1.29 is 9.59 Å². The molecule has 11 heteroatoms. The Morgan fingerprint density at radius 3 is 2.21 bits per heavy atom. The van der Waals surface area contributed by atoms with Gasteiger partial charge in [-0.25, -0.2) is 9.59 Å². The highest BCUT2D eigenvalue weighted by Gasteiger charge is 2.39. The largest absolute Gasteiger partial charge is 0.354 e. The van der Waals surface area contributed by atoms with Gasteiger partial charge in [0.1, 0.15) is 5.82 Å². The molecule has 1 aromatic carbocycles. The van der Waals surface area contributed by atoms with Crippen LogP contribution in [0, 0.1) is 0 Å². The molecule has 2 atom stereocenters. The monoisotopic (exact) mass is 536 g/mol. The van der Waals surface area contributed by atoms with Gasteiger partial charge < -0.3 is 21.3 Å². The van der Waals surface area contributed by atoms with Crippen LogP contribution in [0.5, 0.6) is 0 Å². The van der Waals surface area contributed by atoms with Crippen LogP contribution < -0.4 is 22.5 Å². The zero-order valence-corrected chi connectivity index (χ0v) is 22.9. The van der Waals surface area contributed by atoms with Crippen LogP contribution in [0.15, 0.2) is 41.3 Å². The van der Waals surface area contributed by atoms with Gasteiger partial charge in [0.2, 0.25) is 5.91 Å². The second-order valence-electron chi connectivity index (χ2n) is 11.7. The molecule has 3 aliphatic heterocycles. The summed E-state index contributed by atoms with van der Waals surface area (Å²) in [5, 5.41) is 2.70. The number of nitrogens with two attached hydrogens (primary N) is 2. The van der Waals surface area contributed by atoms with Gasteiger partial charge in [0.25, 0.3) is 0 Å². The number of rotatable bonds is 6. The number of piperidine rings is 1. The number of piperazine rings is 1. The summed E-state index contributed by atoms with van der Waals surface area (Å²) in [6, 6.07) is 10.8. The number of aromatic nitrogens is 2. The maximum absolute atomic E-state index is 12.7. The normalized spacial score (nSPS) is 23.6. The summed E-state index contributed by atoms with van der Waals surface area (Å²) in [6.45, 7) is 5.96. The topological polar surface area (TPSA) is 143 Å². The molecule has 2 aromatic rings. The Kier molecular flexibility index (Phi) is 7.75. The lowest BCUT2D eigenvalue weighted by Crippen LogP contribution is -2.58. The van der Waals surface area contributed by atoms with E-state index in [1.807, 2.05) is 12.1 Å². The van der Waals surface area contributed by atoms with Gasteiger partial charge in [0, 0.05) is 57.0 Å². The molecule has 210 valence electrons. The molecule has 3 amide bonds. The van der Waals surface area contributed by atoms with Crippen LogP contribution in [0.1, 0.15) is 45.1 Å². The molecule has 3 fully saturated rings. The number of hydrogen-bond donors (Lipinski definition) is 3. The average Bonchev–Trinajstić information content (AvgIpc) is 3.15. The molecule has 4 heterocycles. The molecule has 5 rings (SSSR count). The van der Waals surface area contributed by atoms with Gasteiger partial charge in [-0.3, -0.25) is 19.6 Å². The van der Waals surface area contributed by atoms with E-state index in [1.165, 1.54) is 23.0 Å².